The van der Waals surface area contributed by atoms with Crippen molar-refractivity contribution >= 4 is 39.6 Å². The van der Waals surface area contributed by atoms with E-state index in [-0.39, 0.29) is 5.41 Å². The van der Waals surface area contributed by atoms with Crippen LogP contribution in [0.3, 0.4) is 0 Å². The Morgan fingerprint density at radius 1 is 0.462 bits per heavy atom. The molecule has 0 aromatic heterocycles. The molecule has 0 N–H and O–H groups in total. The molecule has 0 saturated heterocycles. The van der Waals surface area contributed by atoms with E-state index in [1.165, 1.54) is 70.8 Å². The van der Waals surface area contributed by atoms with E-state index in [0.29, 0.717) is 0 Å². The lowest BCUT2D eigenvalue weighted by Crippen LogP contribution is -2.29. The molecule has 0 fully saturated rings. The molecule has 1 aliphatic carbocycles. The van der Waals surface area contributed by atoms with Crippen LogP contribution in [0.25, 0.3) is 21.9 Å². The summed E-state index contributed by atoms with van der Waals surface area (Å²) in [6.07, 6.45) is 0. The second-order valence-corrected chi connectivity index (χ2v) is 15.5. The average molecular weight is 684 g/mol. The molecule has 1 aliphatic heterocycles. The molecule has 1 nitrogen and oxygen atoms in total. The van der Waals surface area contributed by atoms with Gasteiger partial charge in [-0.25, -0.2) is 0 Å². The maximum Gasteiger partial charge on any atom is 0.0714 e. The molecular formula is C50H37NS. The van der Waals surface area contributed by atoms with Gasteiger partial charge in [0.2, 0.25) is 0 Å². The Morgan fingerprint density at radius 2 is 1.06 bits per heavy atom. The standard InChI is InChI=1S/C50H37NS/c1-49(2)42-26-14-15-28-46(42)52-48-44(49)32-31-43-47(48)40-33-38(29-30-41(40)50(43,35-19-6-3-7-20-35)36-21-8-4-9-22-36)51(37-23-10-5-11-24-37)45-27-16-18-34-17-12-13-25-39(34)45/h3-33H,1-2H3. The van der Waals surface area contributed by atoms with Crippen LogP contribution in [0.5, 0.6) is 0 Å². The van der Waals surface area contributed by atoms with E-state index >= 15 is 0 Å². The lowest BCUT2D eigenvalue weighted by molar-refractivity contribution is 0.607. The van der Waals surface area contributed by atoms with Crippen LogP contribution >= 0.6 is 11.8 Å². The van der Waals surface area contributed by atoms with Gasteiger partial charge in [-0.15, -0.1) is 0 Å². The van der Waals surface area contributed by atoms with Crippen molar-refractivity contribution in [1.29, 1.82) is 0 Å². The van der Waals surface area contributed by atoms with Gasteiger partial charge in [-0.1, -0.05) is 177 Å². The first-order valence-electron chi connectivity index (χ1n) is 18.1. The van der Waals surface area contributed by atoms with Crippen LogP contribution in [0, 0.1) is 0 Å². The minimum absolute atomic E-state index is 0.145. The SMILES string of the molecule is CC1(C)c2ccccc2Sc2c1ccc1c2-c2cc(N(c3ccccc3)c3cccc4ccccc34)ccc2C1(c1ccccc1)c1ccccc1. The van der Waals surface area contributed by atoms with Crippen molar-refractivity contribution < 1.29 is 0 Å². The zero-order valence-electron chi connectivity index (χ0n) is 29.3. The highest BCUT2D eigenvalue weighted by molar-refractivity contribution is 7.99. The molecule has 8 aromatic rings. The third kappa shape index (κ3) is 4.44. The Bertz CT molecular complexity index is 2580. The summed E-state index contributed by atoms with van der Waals surface area (Å²) < 4.78 is 0. The fourth-order valence-electron chi connectivity index (χ4n) is 9.01. The first-order valence-corrected chi connectivity index (χ1v) is 18.9. The second-order valence-electron chi connectivity index (χ2n) is 14.5. The zero-order valence-corrected chi connectivity index (χ0v) is 30.1. The van der Waals surface area contributed by atoms with Crippen molar-refractivity contribution in [2.75, 3.05) is 4.90 Å². The molecule has 2 heteroatoms. The maximum absolute atomic E-state index is 2.48. The highest BCUT2D eigenvalue weighted by Crippen LogP contribution is 2.62. The topological polar surface area (TPSA) is 3.24 Å². The number of fused-ring (bicyclic) bond motifs is 7. The first-order chi connectivity index (χ1) is 25.6. The van der Waals surface area contributed by atoms with Crippen molar-refractivity contribution in [1.82, 2.24) is 0 Å². The predicted octanol–water partition coefficient (Wildman–Crippen LogP) is 13.5. The Morgan fingerprint density at radius 3 is 1.81 bits per heavy atom. The quantitative estimate of drug-likeness (QED) is 0.178. The Kier molecular flexibility index (Phi) is 7.06. The van der Waals surface area contributed by atoms with E-state index in [1.54, 1.807) is 0 Å². The molecule has 2 aliphatic rings. The fourth-order valence-corrected chi connectivity index (χ4v) is 10.6. The molecule has 52 heavy (non-hydrogen) atoms. The third-order valence-electron chi connectivity index (χ3n) is 11.4. The molecule has 10 rings (SSSR count). The van der Waals surface area contributed by atoms with E-state index < -0.39 is 5.41 Å². The van der Waals surface area contributed by atoms with E-state index in [0.717, 1.165) is 11.4 Å². The van der Waals surface area contributed by atoms with Crippen LogP contribution in [0.2, 0.25) is 0 Å². The van der Waals surface area contributed by atoms with Crippen molar-refractivity contribution in [3.63, 3.8) is 0 Å². The molecule has 0 atom stereocenters. The van der Waals surface area contributed by atoms with Crippen LogP contribution in [-0.4, -0.2) is 0 Å². The van der Waals surface area contributed by atoms with Crippen LogP contribution in [-0.2, 0) is 10.8 Å². The van der Waals surface area contributed by atoms with Gasteiger partial charge in [0, 0.05) is 37.5 Å². The lowest BCUT2D eigenvalue weighted by Gasteiger charge is -2.37. The Balaban J connectivity index is 1.31. The van der Waals surface area contributed by atoms with Gasteiger partial charge in [0.15, 0.2) is 0 Å². The van der Waals surface area contributed by atoms with E-state index in [9.17, 15) is 0 Å². The number of hydrogen-bond donors (Lipinski definition) is 0. The number of para-hydroxylation sites is 1. The minimum Gasteiger partial charge on any atom is -0.310 e. The summed E-state index contributed by atoms with van der Waals surface area (Å²) in [4.78, 5) is 5.14. The molecule has 0 spiro atoms. The molecule has 0 saturated carbocycles. The molecular weight excluding hydrogens is 647 g/mol. The van der Waals surface area contributed by atoms with Crippen molar-refractivity contribution in [2.45, 2.75) is 34.5 Å². The van der Waals surface area contributed by atoms with E-state index in [1.807, 2.05) is 11.8 Å². The Hall–Kier alpha value is -5.83. The van der Waals surface area contributed by atoms with Crippen LogP contribution in [0.1, 0.15) is 47.2 Å². The number of rotatable bonds is 5. The van der Waals surface area contributed by atoms with Gasteiger partial charge in [0.1, 0.15) is 0 Å². The Labute approximate surface area is 310 Å². The van der Waals surface area contributed by atoms with E-state index in [2.05, 4.69) is 207 Å². The average Bonchev–Trinajstić information content (AvgIpc) is 3.50. The van der Waals surface area contributed by atoms with E-state index in [4.69, 9.17) is 0 Å². The summed E-state index contributed by atoms with van der Waals surface area (Å²) >= 11 is 1.94. The summed E-state index contributed by atoms with van der Waals surface area (Å²) in [7, 11) is 0. The third-order valence-corrected chi connectivity index (χ3v) is 12.6. The second kappa shape index (κ2) is 11.9. The fraction of sp³-hybridized carbons (Fsp3) is 0.0800. The lowest BCUT2D eigenvalue weighted by atomic mass is 9.67. The van der Waals surface area contributed by atoms with Gasteiger partial charge in [0.05, 0.1) is 11.1 Å². The van der Waals surface area contributed by atoms with Crippen molar-refractivity contribution in [3.05, 3.63) is 221 Å². The van der Waals surface area contributed by atoms with Crippen LogP contribution < -0.4 is 4.90 Å². The summed E-state index contributed by atoms with van der Waals surface area (Å²) in [5.74, 6) is 0. The largest absolute Gasteiger partial charge is 0.310 e. The van der Waals surface area contributed by atoms with Crippen molar-refractivity contribution in [2.24, 2.45) is 0 Å². The minimum atomic E-state index is -0.487. The number of benzene rings is 8. The molecule has 0 radical (unpaired) electrons. The van der Waals surface area contributed by atoms with Crippen molar-refractivity contribution in [3.8, 4) is 11.1 Å². The highest BCUT2D eigenvalue weighted by Gasteiger charge is 2.49. The van der Waals surface area contributed by atoms with Gasteiger partial charge in [-0.3, -0.25) is 0 Å². The molecule has 0 amide bonds. The zero-order chi connectivity index (χ0) is 34.9. The van der Waals surface area contributed by atoms with Gasteiger partial charge in [-0.05, 0) is 80.7 Å². The smallest absolute Gasteiger partial charge is 0.0714 e. The van der Waals surface area contributed by atoms with Crippen LogP contribution in [0.15, 0.2) is 198 Å². The van der Waals surface area contributed by atoms with Crippen LogP contribution in [0.4, 0.5) is 17.1 Å². The summed E-state index contributed by atoms with van der Waals surface area (Å²) in [6, 6.07) is 69.6. The van der Waals surface area contributed by atoms with Gasteiger partial charge in [0.25, 0.3) is 0 Å². The number of hydrogen-bond acceptors (Lipinski definition) is 2. The monoisotopic (exact) mass is 683 g/mol. The predicted molar refractivity (Wildman–Crippen MR) is 219 cm³/mol. The first kappa shape index (κ1) is 30.9. The molecule has 0 bridgehead atoms. The molecule has 1 heterocycles. The molecule has 8 aromatic carbocycles. The molecule has 248 valence electrons. The summed E-state index contributed by atoms with van der Waals surface area (Å²) in [5, 5.41) is 2.45. The van der Waals surface area contributed by atoms with Gasteiger partial charge < -0.3 is 4.90 Å². The maximum atomic E-state index is 2.48. The normalized spacial score (nSPS) is 14.6. The van der Waals surface area contributed by atoms with Gasteiger partial charge >= 0.3 is 0 Å². The van der Waals surface area contributed by atoms with Gasteiger partial charge in [-0.2, -0.15) is 0 Å². The summed E-state index contributed by atoms with van der Waals surface area (Å²) in [6.45, 7) is 4.78. The highest BCUT2D eigenvalue weighted by atomic mass is 32.2. The number of anilines is 3. The summed E-state index contributed by atoms with van der Waals surface area (Å²) in [5.41, 5.74) is 13.5. The molecule has 0 unspecified atom stereocenters. The number of nitrogens with zero attached hydrogens (tertiary/aromatic N) is 1.